The number of imide groups is 2. The molecule has 0 radical (unpaired) electrons. The van der Waals surface area contributed by atoms with Gasteiger partial charge in [0.05, 0.1) is 23.8 Å². The molecular weight excluding hydrogens is 404 g/mol. The molecule has 31 heavy (non-hydrogen) atoms. The van der Waals surface area contributed by atoms with Crippen molar-refractivity contribution in [3.63, 3.8) is 0 Å². The second-order valence-corrected chi connectivity index (χ2v) is 6.90. The van der Waals surface area contributed by atoms with Crippen LogP contribution >= 0.6 is 0 Å². The highest BCUT2D eigenvalue weighted by Crippen LogP contribution is 2.31. The molecule has 2 aliphatic heterocycles. The number of anilines is 2. The fourth-order valence-corrected chi connectivity index (χ4v) is 3.48. The van der Waals surface area contributed by atoms with Gasteiger partial charge in [0.15, 0.2) is 0 Å². The number of nitro benzene ring substituents is 1. The lowest BCUT2D eigenvalue weighted by molar-refractivity contribution is -0.384. The third kappa shape index (κ3) is 4.01. The number of nitrogens with zero attached hydrogens (tertiary/aromatic N) is 3. The van der Waals surface area contributed by atoms with Gasteiger partial charge in [-0.05, 0) is 29.8 Å². The number of morpholine rings is 1. The Morgan fingerprint density at radius 1 is 1.03 bits per heavy atom. The van der Waals surface area contributed by atoms with Crippen molar-refractivity contribution < 1.29 is 24.0 Å². The minimum atomic E-state index is -0.859. The van der Waals surface area contributed by atoms with Gasteiger partial charge >= 0.3 is 6.03 Å². The first kappa shape index (κ1) is 20.2. The second-order valence-electron chi connectivity index (χ2n) is 6.90. The maximum Gasteiger partial charge on any atom is 0.335 e. The molecule has 158 valence electrons. The molecule has 0 aliphatic carbocycles. The predicted molar refractivity (Wildman–Crippen MR) is 112 cm³/mol. The van der Waals surface area contributed by atoms with E-state index in [1.165, 1.54) is 12.1 Å². The van der Waals surface area contributed by atoms with Gasteiger partial charge in [0.2, 0.25) is 0 Å². The molecular formula is C21H18N4O6. The van der Waals surface area contributed by atoms with Crippen LogP contribution in [0.5, 0.6) is 0 Å². The fraction of sp³-hybridized carbons (Fsp3) is 0.190. The zero-order valence-electron chi connectivity index (χ0n) is 16.3. The Kier molecular flexibility index (Phi) is 5.46. The van der Waals surface area contributed by atoms with Gasteiger partial charge in [0.25, 0.3) is 17.5 Å². The van der Waals surface area contributed by atoms with Crippen molar-refractivity contribution in [3.8, 4) is 0 Å². The number of barbiturate groups is 1. The third-order valence-electron chi connectivity index (χ3n) is 4.98. The minimum Gasteiger partial charge on any atom is -0.378 e. The van der Waals surface area contributed by atoms with Crippen LogP contribution in [0.4, 0.5) is 21.9 Å². The smallest absolute Gasteiger partial charge is 0.335 e. The Hall–Kier alpha value is -4.05. The van der Waals surface area contributed by atoms with E-state index in [0.717, 1.165) is 4.90 Å². The van der Waals surface area contributed by atoms with Crippen molar-refractivity contribution in [2.75, 3.05) is 36.1 Å². The number of benzene rings is 2. The number of nitro groups is 1. The van der Waals surface area contributed by atoms with E-state index >= 15 is 0 Å². The first-order chi connectivity index (χ1) is 15.0. The van der Waals surface area contributed by atoms with Crippen molar-refractivity contribution in [2.45, 2.75) is 0 Å². The summed E-state index contributed by atoms with van der Waals surface area (Å²) in [6, 6.07) is 11.8. The number of ether oxygens (including phenoxy) is 1. The van der Waals surface area contributed by atoms with Crippen LogP contribution in [0.2, 0.25) is 0 Å². The van der Waals surface area contributed by atoms with E-state index in [1.807, 2.05) is 4.90 Å². The molecule has 0 aromatic heterocycles. The van der Waals surface area contributed by atoms with Gasteiger partial charge in [0.1, 0.15) is 11.3 Å². The van der Waals surface area contributed by atoms with E-state index in [0.29, 0.717) is 43.2 Å². The summed E-state index contributed by atoms with van der Waals surface area (Å²) in [6.45, 7) is 1.99. The van der Waals surface area contributed by atoms with Crippen LogP contribution in [0.25, 0.3) is 6.08 Å². The average Bonchev–Trinajstić information content (AvgIpc) is 2.77. The quantitative estimate of drug-likeness (QED) is 0.346. The maximum atomic E-state index is 12.9. The molecule has 0 saturated carbocycles. The Balaban J connectivity index is 1.70. The summed E-state index contributed by atoms with van der Waals surface area (Å²) in [5.41, 5.74) is 0.602. The summed E-state index contributed by atoms with van der Waals surface area (Å²) in [7, 11) is 0. The molecule has 2 aromatic rings. The van der Waals surface area contributed by atoms with Crippen LogP contribution in [-0.4, -0.2) is 49.1 Å². The number of nitrogens with one attached hydrogen (secondary N) is 1. The molecule has 0 atom stereocenters. The molecule has 0 bridgehead atoms. The molecule has 4 amide bonds. The van der Waals surface area contributed by atoms with Crippen molar-refractivity contribution in [2.24, 2.45) is 0 Å². The van der Waals surface area contributed by atoms with Crippen LogP contribution in [0.3, 0.4) is 0 Å². The number of amides is 4. The van der Waals surface area contributed by atoms with E-state index in [1.54, 1.807) is 42.5 Å². The number of para-hydroxylation sites is 1. The Morgan fingerprint density at radius 3 is 2.42 bits per heavy atom. The van der Waals surface area contributed by atoms with Crippen molar-refractivity contribution in [1.29, 1.82) is 0 Å². The molecule has 2 heterocycles. The molecule has 1 N–H and O–H groups in total. The number of carbonyl (C=O) groups excluding carboxylic acids is 3. The van der Waals surface area contributed by atoms with Gasteiger partial charge in [0, 0.05) is 19.2 Å². The number of hydrogen-bond donors (Lipinski definition) is 1. The summed E-state index contributed by atoms with van der Waals surface area (Å²) in [5, 5.41) is 13.8. The largest absolute Gasteiger partial charge is 0.378 e. The lowest BCUT2D eigenvalue weighted by Gasteiger charge is -2.28. The van der Waals surface area contributed by atoms with Gasteiger partial charge in [-0.2, -0.15) is 0 Å². The minimum absolute atomic E-state index is 0.143. The Bertz CT molecular complexity index is 1090. The van der Waals surface area contributed by atoms with Gasteiger partial charge in [-0.25, -0.2) is 9.69 Å². The van der Waals surface area contributed by atoms with E-state index < -0.39 is 22.8 Å². The number of hydrogen-bond acceptors (Lipinski definition) is 7. The van der Waals surface area contributed by atoms with Crippen LogP contribution in [-0.2, 0) is 14.3 Å². The summed E-state index contributed by atoms with van der Waals surface area (Å²) >= 11 is 0. The van der Waals surface area contributed by atoms with Crippen molar-refractivity contribution in [3.05, 3.63) is 69.8 Å². The zero-order valence-corrected chi connectivity index (χ0v) is 16.3. The van der Waals surface area contributed by atoms with Crippen molar-refractivity contribution in [1.82, 2.24) is 5.32 Å². The van der Waals surface area contributed by atoms with Crippen LogP contribution in [0.1, 0.15) is 5.56 Å². The second kappa shape index (κ2) is 8.36. The molecule has 4 rings (SSSR count). The molecule has 2 aromatic carbocycles. The van der Waals surface area contributed by atoms with Crippen LogP contribution in [0.15, 0.2) is 54.1 Å². The molecule has 2 aliphatic rings. The maximum absolute atomic E-state index is 12.9. The van der Waals surface area contributed by atoms with E-state index in [9.17, 15) is 24.5 Å². The number of rotatable bonds is 4. The summed E-state index contributed by atoms with van der Waals surface area (Å²) in [6.07, 6.45) is 1.25. The zero-order chi connectivity index (χ0) is 22.0. The monoisotopic (exact) mass is 422 g/mol. The topological polar surface area (TPSA) is 122 Å². The molecule has 2 fully saturated rings. The molecule has 10 heteroatoms. The highest BCUT2D eigenvalue weighted by molar-refractivity contribution is 6.39. The SMILES string of the molecule is O=C1NC(=O)N(c2ccccc2)C(=O)/C1=C\c1ccc(N2CCOCC2)c([N+](=O)[O-])c1. The van der Waals surface area contributed by atoms with Gasteiger partial charge in [-0.1, -0.05) is 24.3 Å². The lowest BCUT2D eigenvalue weighted by Crippen LogP contribution is -2.54. The molecule has 0 unspecified atom stereocenters. The summed E-state index contributed by atoms with van der Waals surface area (Å²) in [4.78, 5) is 51.3. The Morgan fingerprint density at radius 2 is 1.74 bits per heavy atom. The summed E-state index contributed by atoms with van der Waals surface area (Å²) < 4.78 is 5.29. The highest BCUT2D eigenvalue weighted by Gasteiger charge is 2.36. The van der Waals surface area contributed by atoms with E-state index in [-0.39, 0.29) is 11.3 Å². The predicted octanol–water partition coefficient (Wildman–Crippen LogP) is 2.10. The third-order valence-corrected chi connectivity index (χ3v) is 4.98. The number of carbonyl (C=O) groups is 3. The first-order valence-corrected chi connectivity index (χ1v) is 9.53. The van der Waals surface area contributed by atoms with Gasteiger partial charge in [-0.3, -0.25) is 25.0 Å². The average molecular weight is 422 g/mol. The normalized spacial score (nSPS) is 18.3. The highest BCUT2D eigenvalue weighted by atomic mass is 16.6. The standard InChI is InChI=1S/C21H18N4O6/c26-19-16(20(27)24(21(28)22-19)15-4-2-1-3-5-15)12-14-6-7-17(18(13-14)25(29)30)23-8-10-31-11-9-23/h1-7,12-13H,8-11H2,(H,22,26,28)/b16-12-. The molecule has 0 spiro atoms. The van der Waals surface area contributed by atoms with Gasteiger partial charge < -0.3 is 9.64 Å². The van der Waals surface area contributed by atoms with E-state index in [4.69, 9.17) is 4.74 Å². The number of urea groups is 1. The Labute approximate surface area is 176 Å². The van der Waals surface area contributed by atoms with E-state index in [2.05, 4.69) is 5.32 Å². The van der Waals surface area contributed by atoms with Gasteiger partial charge in [-0.15, -0.1) is 0 Å². The fourth-order valence-electron chi connectivity index (χ4n) is 3.48. The van der Waals surface area contributed by atoms with Crippen LogP contribution in [0, 0.1) is 10.1 Å². The van der Waals surface area contributed by atoms with Crippen LogP contribution < -0.4 is 15.1 Å². The molecule has 2 saturated heterocycles. The molecule has 10 nitrogen and oxygen atoms in total. The lowest BCUT2D eigenvalue weighted by atomic mass is 10.1. The summed E-state index contributed by atoms with van der Waals surface area (Å²) in [5.74, 6) is -1.66. The van der Waals surface area contributed by atoms with Crippen molar-refractivity contribution >= 4 is 41.0 Å². The first-order valence-electron chi connectivity index (χ1n) is 9.53.